The van der Waals surface area contributed by atoms with Crippen LogP contribution in [0.3, 0.4) is 0 Å². The summed E-state index contributed by atoms with van der Waals surface area (Å²) < 4.78 is 0. The van der Waals surface area contributed by atoms with Crippen LogP contribution in [-0.2, 0) is 0 Å². The highest BCUT2D eigenvalue weighted by atomic mass is 35.5. The normalized spacial score (nSPS) is 12.3. The Morgan fingerprint density at radius 1 is 1.43 bits per heavy atom. The molecule has 1 aromatic carbocycles. The van der Waals surface area contributed by atoms with Crippen LogP contribution >= 0.6 is 23.4 Å². The van der Waals surface area contributed by atoms with Crippen molar-refractivity contribution in [1.29, 1.82) is 0 Å². The topological polar surface area (TPSA) is 50.7 Å². The Labute approximate surface area is 92.1 Å². The fourth-order valence-corrected chi connectivity index (χ4v) is 1.21. The number of rotatable bonds is 1. The number of hydrogen-bond acceptors (Lipinski definition) is 3. The molecule has 3 nitrogen and oxygen atoms in total. The minimum absolute atomic E-state index is 0.542. The lowest BCUT2D eigenvalue weighted by Crippen LogP contribution is -1.93. The van der Waals surface area contributed by atoms with Gasteiger partial charge < -0.3 is 5.84 Å². The van der Waals surface area contributed by atoms with Gasteiger partial charge >= 0.3 is 0 Å². The van der Waals surface area contributed by atoms with Gasteiger partial charge in [0.2, 0.25) is 5.17 Å². The molecule has 0 spiro atoms. The lowest BCUT2D eigenvalue weighted by atomic mass is 10.2. The van der Waals surface area contributed by atoms with E-state index in [1.54, 1.807) is 18.3 Å². The second kappa shape index (κ2) is 5.67. The van der Waals surface area contributed by atoms with Crippen LogP contribution < -0.4 is 5.84 Å². The molecule has 0 unspecified atom stereocenters. The predicted octanol–water partition coefficient (Wildman–Crippen LogP) is 2.35. The molecular weight excluding hydrogens is 218 g/mol. The molecule has 0 bridgehead atoms. The number of amidine groups is 1. The zero-order valence-corrected chi connectivity index (χ0v) is 9.22. The van der Waals surface area contributed by atoms with E-state index >= 15 is 0 Å². The average molecular weight is 228 g/mol. The first-order chi connectivity index (χ1) is 6.76. The number of hydrazone groups is 1. The molecule has 1 aromatic rings. The average Bonchev–Trinajstić information content (AvgIpc) is 2.22. The van der Waals surface area contributed by atoms with Gasteiger partial charge in [-0.15, -0.1) is 0 Å². The minimum atomic E-state index is 0.542. The summed E-state index contributed by atoms with van der Waals surface area (Å²) >= 11 is 7.13. The van der Waals surface area contributed by atoms with Crippen molar-refractivity contribution in [3.63, 3.8) is 0 Å². The highest BCUT2D eigenvalue weighted by Gasteiger charge is 1.91. The summed E-state index contributed by atoms with van der Waals surface area (Å²) in [5.74, 6) is 5.10. The SMILES string of the molecule is CSC(=N\N)/N=C/c1ccc(Cl)cc1. The second-order valence-electron chi connectivity index (χ2n) is 2.43. The van der Waals surface area contributed by atoms with Crippen LogP contribution in [0.25, 0.3) is 0 Å². The number of benzene rings is 1. The molecule has 5 heteroatoms. The van der Waals surface area contributed by atoms with E-state index < -0.39 is 0 Å². The Morgan fingerprint density at radius 3 is 2.57 bits per heavy atom. The van der Waals surface area contributed by atoms with Crippen LogP contribution in [0.15, 0.2) is 34.4 Å². The molecule has 0 aliphatic heterocycles. The quantitative estimate of drug-likeness (QED) is 0.347. The van der Waals surface area contributed by atoms with Gasteiger partial charge in [0.15, 0.2) is 0 Å². The molecule has 0 radical (unpaired) electrons. The van der Waals surface area contributed by atoms with Gasteiger partial charge in [-0.05, 0) is 24.0 Å². The van der Waals surface area contributed by atoms with Crippen LogP contribution in [0.5, 0.6) is 0 Å². The van der Waals surface area contributed by atoms with Gasteiger partial charge in [-0.1, -0.05) is 35.5 Å². The molecule has 0 aromatic heterocycles. The molecule has 0 fully saturated rings. The largest absolute Gasteiger partial charge is 0.321 e. The third-order valence-electron chi connectivity index (χ3n) is 1.49. The van der Waals surface area contributed by atoms with Gasteiger partial charge in [0.25, 0.3) is 0 Å². The predicted molar refractivity (Wildman–Crippen MR) is 64.2 cm³/mol. The molecule has 2 N–H and O–H groups in total. The zero-order chi connectivity index (χ0) is 10.4. The summed E-state index contributed by atoms with van der Waals surface area (Å²) in [5.41, 5.74) is 0.963. The zero-order valence-electron chi connectivity index (χ0n) is 7.64. The van der Waals surface area contributed by atoms with Crippen LogP contribution in [0, 0.1) is 0 Å². The Morgan fingerprint density at radius 2 is 2.07 bits per heavy atom. The monoisotopic (exact) mass is 227 g/mol. The van der Waals surface area contributed by atoms with Gasteiger partial charge in [0.05, 0.1) is 0 Å². The van der Waals surface area contributed by atoms with E-state index in [0.29, 0.717) is 10.2 Å². The molecule has 0 amide bonds. The molecule has 74 valence electrons. The Kier molecular flexibility index (Phi) is 4.49. The Balaban J connectivity index is 2.73. The number of nitrogens with two attached hydrogens (primary N) is 1. The molecule has 0 heterocycles. The lowest BCUT2D eigenvalue weighted by molar-refractivity contribution is 1.25. The van der Waals surface area contributed by atoms with E-state index in [1.807, 2.05) is 18.4 Å². The minimum Gasteiger partial charge on any atom is -0.321 e. The molecule has 14 heavy (non-hydrogen) atoms. The Bertz CT molecular complexity index is 346. The number of thioether (sulfide) groups is 1. The van der Waals surface area contributed by atoms with Crippen LogP contribution in [0.1, 0.15) is 5.56 Å². The van der Waals surface area contributed by atoms with Crippen molar-refractivity contribution in [1.82, 2.24) is 0 Å². The van der Waals surface area contributed by atoms with Gasteiger partial charge in [-0.3, -0.25) is 0 Å². The molecule has 0 aliphatic rings. The van der Waals surface area contributed by atoms with Crippen LogP contribution in [0.2, 0.25) is 5.02 Å². The Hall–Kier alpha value is -1.00. The second-order valence-corrected chi connectivity index (χ2v) is 3.64. The van der Waals surface area contributed by atoms with Crippen LogP contribution in [-0.4, -0.2) is 17.6 Å². The van der Waals surface area contributed by atoms with E-state index in [4.69, 9.17) is 17.4 Å². The smallest absolute Gasteiger partial charge is 0.205 e. The van der Waals surface area contributed by atoms with E-state index in [9.17, 15) is 0 Å². The van der Waals surface area contributed by atoms with E-state index in [2.05, 4.69) is 10.1 Å². The van der Waals surface area contributed by atoms with E-state index in [0.717, 1.165) is 5.56 Å². The first-order valence-electron chi connectivity index (χ1n) is 3.88. The van der Waals surface area contributed by atoms with Crippen molar-refractivity contribution in [2.75, 3.05) is 6.26 Å². The molecule has 0 saturated carbocycles. The maximum absolute atomic E-state index is 5.74. The van der Waals surface area contributed by atoms with Crippen molar-refractivity contribution in [2.24, 2.45) is 15.9 Å². The molecule has 0 atom stereocenters. The van der Waals surface area contributed by atoms with Gasteiger partial charge in [-0.2, -0.15) is 5.10 Å². The highest BCUT2D eigenvalue weighted by Crippen LogP contribution is 2.08. The van der Waals surface area contributed by atoms with E-state index in [1.165, 1.54) is 11.8 Å². The fraction of sp³-hybridized carbons (Fsp3) is 0.111. The third-order valence-corrected chi connectivity index (χ3v) is 2.32. The molecule has 1 rings (SSSR count). The molecule has 0 aliphatic carbocycles. The number of hydrogen-bond donors (Lipinski definition) is 1. The van der Waals surface area contributed by atoms with Gasteiger partial charge in [0, 0.05) is 11.2 Å². The van der Waals surface area contributed by atoms with Crippen LogP contribution in [0.4, 0.5) is 0 Å². The fourth-order valence-electron chi connectivity index (χ4n) is 0.817. The summed E-state index contributed by atoms with van der Waals surface area (Å²) in [7, 11) is 0. The van der Waals surface area contributed by atoms with Crippen molar-refractivity contribution in [2.45, 2.75) is 0 Å². The number of halogens is 1. The van der Waals surface area contributed by atoms with Crippen molar-refractivity contribution in [3.8, 4) is 0 Å². The summed E-state index contributed by atoms with van der Waals surface area (Å²) in [6, 6.07) is 7.36. The third kappa shape index (κ3) is 3.40. The summed E-state index contributed by atoms with van der Waals surface area (Å²) in [6.45, 7) is 0. The summed E-state index contributed by atoms with van der Waals surface area (Å²) in [6.07, 6.45) is 3.56. The number of aliphatic imine (C=N–C) groups is 1. The van der Waals surface area contributed by atoms with Crippen molar-refractivity contribution < 1.29 is 0 Å². The summed E-state index contributed by atoms with van der Waals surface area (Å²) in [5, 5.41) is 4.74. The van der Waals surface area contributed by atoms with Gasteiger partial charge in [0.1, 0.15) is 0 Å². The van der Waals surface area contributed by atoms with E-state index in [-0.39, 0.29) is 0 Å². The summed E-state index contributed by atoms with van der Waals surface area (Å²) in [4.78, 5) is 4.08. The highest BCUT2D eigenvalue weighted by molar-refractivity contribution is 8.13. The van der Waals surface area contributed by atoms with Crippen molar-refractivity contribution >= 4 is 34.7 Å². The number of nitrogens with zero attached hydrogens (tertiary/aromatic N) is 2. The molecular formula is C9H10ClN3S. The lowest BCUT2D eigenvalue weighted by Gasteiger charge is -1.94. The first-order valence-corrected chi connectivity index (χ1v) is 5.48. The maximum Gasteiger partial charge on any atom is 0.205 e. The first kappa shape index (κ1) is 11.1. The standard InChI is InChI=1S/C9H10ClN3S/c1-14-9(13-11)12-6-7-2-4-8(10)5-3-7/h2-6H,11H2,1H3/b12-6+,13-9-. The van der Waals surface area contributed by atoms with Gasteiger partial charge in [-0.25, -0.2) is 4.99 Å². The maximum atomic E-state index is 5.74. The van der Waals surface area contributed by atoms with Crippen molar-refractivity contribution in [3.05, 3.63) is 34.9 Å². The molecule has 0 saturated heterocycles.